The van der Waals surface area contributed by atoms with E-state index in [1.165, 1.54) is 5.57 Å². The second-order valence-electron chi connectivity index (χ2n) is 4.39. The van der Waals surface area contributed by atoms with Gasteiger partial charge in [-0.25, -0.2) is 0 Å². The molecule has 0 aromatic rings. The minimum absolute atomic E-state index is 0.141. The number of hydrogen-bond donors (Lipinski definition) is 1. The van der Waals surface area contributed by atoms with Gasteiger partial charge in [-0.1, -0.05) is 0 Å². The predicted molar refractivity (Wildman–Crippen MR) is 63.0 cm³/mol. The van der Waals surface area contributed by atoms with E-state index in [1.807, 2.05) is 0 Å². The van der Waals surface area contributed by atoms with Crippen LogP contribution in [0.1, 0.15) is 6.92 Å². The number of allylic oxidation sites excluding steroid dienone is 2. The summed E-state index contributed by atoms with van der Waals surface area (Å²) < 4.78 is 14.8. The second kappa shape index (κ2) is 6.61. The average Bonchev–Trinajstić information content (AvgIpc) is 2.51. The molecular weight excluding hydrogens is 331 g/mol. The molecule has 98 valence electrons. The van der Waals surface area contributed by atoms with Gasteiger partial charge in [0.25, 0.3) is 0 Å². The molecule has 2 aliphatic rings. The van der Waals surface area contributed by atoms with Crippen LogP contribution in [0.25, 0.3) is 0 Å². The van der Waals surface area contributed by atoms with Crippen molar-refractivity contribution in [2.75, 3.05) is 37.9 Å². The Kier molecular flexibility index (Phi) is 5.12. The van der Waals surface area contributed by atoms with Crippen LogP contribution >= 0.6 is 0 Å². The SMILES string of the molecule is CC1=C[I-]CNC(OC[C@@H]2CN(C)CCO2)=C1. The summed E-state index contributed by atoms with van der Waals surface area (Å²) in [4.78, 5) is 2.28. The van der Waals surface area contributed by atoms with E-state index in [0.717, 1.165) is 30.1 Å². The quantitative estimate of drug-likeness (QED) is 0.353. The van der Waals surface area contributed by atoms with Gasteiger partial charge in [0.1, 0.15) is 0 Å². The molecule has 0 radical (unpaired) electrons. The molecule has 1 atom stereocenters. The fraction of sp³-hybridized carbons (Fsp3) is 0.667. The van der Waals surface area contributed by atoms with Crippen LogP contribution < -0.4 is 26.5 Å². The van der Waals surface area contributed by atoms with Crippen LogP contribution in [-0.4, -0.2) is 48.9 Å². The van der Waals surface area contributed by atoms with Crippen molar-refractivity contribution in [2.24, 2.45) is 0 Å². The van der Waals surface area contributed by atoms with Gasteiger partial charge in [-0.05, 0) is 0 Å². The zero-order valence-electron chi connectivity index (χ0n) is 10.4. The molecule has 4 nitrogen and oxygen atoms in total. The Morgan fingerprint density at radius 3 is 3.35 bits per heavy atom. The van der Waals surface area contributed by atoms with Crippen LogP contribution in [0.4, 0.5) is 0 Å². The Labute approximate surface area is 113 Å². The van der Waals surface area contributed by atoms with Crippen molar-refractivity contribution in [3.63, 3.8) is 0 Å². The summed E-state index contributed by atoms with van der Waals surface area (Å²) in [5, 5.41) is 3.33. The zero-order valence-corrected chi connectivity index (χ0v) is 12.6. The molecule has 2 heterocycles. The van der Waals surface area contributed by atoms with Crippen molar-refractivity contribution in [3.8, 4) is 0 Å². The standard InChI is InChI=1S/C12H20IN2O2/c1-10-5-12(14-9-13-6-10)17-8-11-7-15(2)3-4-16-11/h5-6,11,14H,3-4,7-9H2,1-2H3/q-1/t11-/m0/s1. The van der Waals surface area contributed by atoms with E-state index in [0.29, 0.717) is 6.61 Å². The van der Waals surface area contributed by atoms with Gasteiger partial charge in [0.2, 0.25) is 0 Å². The van der Waals surface area contributed by atoms with Crippen LogP contribution in [0, 0.1) is 0 Å². The molecule has 5 heteroatoms. The maximum atomic E-state index is 5.80. The molecule has 0 bridgehead atoms. The first-order chi connectivity index (χ1) is 8.24. The Balaban J connectivity index is 1.79. The normalized spacial score (nSPS) is 27.1. The molecule has 1 N–H and O–H groups in total. The Morgan fingerprint density at radius 2 is 2.53 bits per heavy atom. The third-order valence-electron chi connectivity index (χ3n) is 2.69. The summed E-state index contributed by atoms with van der Waals surface area (Å²) in [7, 11) is 2.12. The average molecular weight is 351 g/mol. The van der Waals surface area contributed by atoms with Gasteiger partial charge in [0.15, 0.2) is 0 Å². The number of alkyl halides is 1. The number of ether oxygens (including phenoxy) is 2. The van der Waals surface area contributed by atoms with Crippen molar-refractivity contribution in [1.82, 2.24) is 10.2 Å². The van der Waals surface area contributed by atoms with Crippen LogP contribution in [0.3, 0.4) is 0 Å². The molecule has 0 aromatic carbocycles. The second-order valence-corrected chi connectivity index (χ2v) is 6.66. The number of rotatable bonds is 3. The van der Waals surface area contributed by atoms with Crippen LogP contribution in [-0.2, 0) is 9.47 Å². The summed E-state index contributed by atoms with van der Waals surface area (Å²) in [6, 6.07) is 0. The Morgan fingerprint density at radius 1 is 1.65 bits per heavy atom. The molecule has 0 spiro atoms. The first kappa shape index (κ1) is 13.2. The molecule has 2 rings (SSSR count). The van der Waals surface area contributed by atoms with Crippen LogP contribution in [0.2, 0.25) is 0 Å². The van der Waals surface area contributed by atoms with Crippen molar-refractivity contribution >= 4 is 0 Å². The summed E-state index contributed by atoms with van der Waals surface area (Å²) in [6.07, 6.45) is 2.28. The molecule has 0 amide bonds. The van der Waals surface area contributed by atoms with Crippen molar-refractivity contribution in [2.45, 2.75) is 13.0 Å². The van der Waals surface area contributed by atoms with E-state index in [2.05, 4.69) is 34.3 Å². The summed E-state index contributed by atoms with van der Waals surface area (Å²) in [6.45, 7) is 5.54. The third kappa shape index (κ3) is 4.48. The van der Waals surface area contributed by atoms with Gasteiger partial charge in [-0.3, -0.25) is 0 Å². The zero-order chi connectivity index (χ0) is 12.1. The van der Waals surface area contributed by atoms with Crippen LogP contribution in [0.5, 0.6) is 0 Å². The van der Waals surface area contributed by atoms with Crippen LogP contribution in [0.15, 0.2) is 21.6 Å². The van der Waals surface area contributed by atoms with E-state index in [1.54, 1.807) is 0 Å². The predicted octanol–water partition coefficient (Wildman–Crippen LogP) is -2.27. The minimum atomic E-state index is 0.141. The Bertz CT molecular complexity index is 318. The first-order valence-corrected chi connectivity index (χ1v) is 8.64. The molecule has 0 aliphatic carbocycles. The molecule has 17 heavy (non-hydrogen) atoms. The molecule has 1 saturated heterocycles. The number of halogens is 1. The number of likely N-dealkylation sites (N-methyl/N-ethyl adjacent to an activating group) is 1. The van der Waals surface area contributed by atoms with Crippen molar-refractivity contribution in [1.29, 1.82) is 0 Å². The fourth-order valence-electron chi connectivity index (χ4n) is 1.80. The Hall–Kier alpha value is -0.270. The monoisotopic (exact) mass is 351 g/mol. The molecule has 0 unspecified atom stereocenters. The van der Waals surface area contributed by atoms with E-state index in [-0.39, 0.29) is 27.3 Å². The van der Waals surface area contributed by atoms with E-state index < -0.39 is 0 Å². The van der Waals surface area contributed by atoms with E-state index >= 15 is 0 Å². The molecule has 0 saturated carbocycles. The fourth-order valence-corrected chi connectivity index (χ4v) is 3.49. The molecule has 0 aromatic heterocycles. The first-order valence-electron chi connectivity index (χ1n) is 5.87. The van der Waals surface area contributed by atoms with E-state index in [9.17, 15) is 0 Å². The summed E-state index contributed by atoms with van der Waals surface area (Å²) in [5.41, 5.74) is 1.31. The third-order valence-corrected chi connectivity index (χ3v) is 4.94. The number of hydrogen-bond acceptors (Lipinski definition) is 4. The maximum absolute atomic E-state index is 5.80. The summed E-state index contributed by atoms with van der Waals surface area (Å²) in [5.74, 6) is 0.896. The van der Waals surface area contributed by atoms with Gasteiger partial charge >= 0.3 is 113 Å². The van der Waals surface area contributed by atoms with Gasteiger partial charge in [0, 0.05) is 0 Å². The number of morpholine rings is 1. The number of nitrogens with one attached hydrogen (secondary N) is 1. The van der Waals surface area contributed by atoms with Crippen molar-refractivity contribution < 1.29 is 30.7 Å². The van der Waals surface area contributed by atoms with Gasteiger partial charge in [-0.2, -0.15) is 0 Å². The summed E-state index contributed by atoms with van der Waals surface area (Å²) >= 11 is 0.141. The topological polar surface area (TPSA) is 33.7 Å². The van der Waals surface area contributed by atoms with Gasteiger partial charge in [-0.15, -0.1) is 0 Å². The molecule has 2 aliphatic heterocycles. The van der Waals surface area contributed by atoms with E-state index in [4.69, 9.17) is 9.47 Å². The number of nitrogens with zero attached hydrogens (tertiary/aromatic N) is 1. The van der Waals surface area contributed by atoms with Gasteiger partial charge in [0.05, 0.1) is 0 Å². The van der Waals surface area contributed by atoms with Crippen molar-refractivity contribution in [3.05, 3.63) is 21.6 Å². The molecular formula is C12H20IN2O2-. The van der Waals surface area contributed by atoms with Gasteiger partial charge < -0.3 is 0 Å². The molecule has 1 fully saturated rings.